The van der Waals surface area contributed by atoms with Gasteiger partial charge in [0.05, 0.1) is 18.2 Å². The Balaban J connectivity index is 2.37. The molecule has 1 aromatic rings. The second-order valence-corrected chi connectivity index (χ2v) is 4.25. The SMILES string of the molecule is O=CN(O)CCCOc1cccc(Br)c1Cl. The van der Waals surface area contributed by atoms with Crippen molar-refractivity contribution in [2.45, 2.75) is 6.42 Å². The summed E-state index contributed by atoms with van der Waals surface area (Å²) in [5.41, 5.74) is 0. The minimum atomic E-state index is 0.231. The Morgan fingerprint density at radius 1 is 1.56 bits per heavy atom. The number of ether oxygens (including phenoxy) is 1. The third-order valence-corrected chi connectivity index (χ3v) is 3.11. The molecule has 16 heavy (non-hydrogen) atoms. The molecule has 1 N–H and O–H groups in total. The Hall–Kier alpha value is -0.780. The molecule has 0 spiro atoms. The van der Waals surface area contributed by atoms with Gasteiger partial charge in [-0.1, -0.05) is 17.7 Å². The zero-order chi connectivity index (χ0) is 12.0. The van der Waals surface area contributed by atoms with E-state index in [0.29, 0.717) is 35.3 Å². The maximum atomic E-state index is 10.1. The van der Waals surface area contributed by atoms with Crippen LogP contribution in [-0.2, 0) is 4.79 Å². The molecule has 0 saturated heterocycles. The van der Waals surface area contributed by atoms with E-state index in [1.165, 1.54) is 0 Å². The fraction of sp³-hybridized carbons (Fsp3) is 0.300. The summed E-state index contributed by atoms with van der Waals surface area (Å²) in [5.74, 6) is 0.576. The van der Waals surface area contributed by atoms with Crippen LogP contribution in [0.4, 0.5) is 0 Å². The molecule has 4 nitrogen and oxygen atoms in total. The minimum absolute atomic E-state index is 0.231. The first-order valence-corrected chi connectivity index (χ1v) is 5.80. The highest BCUT2D eigenvalue weighted by molar-refractivity contribution is 9.10. The molecule has 88 valence electrons. The zero-order valence-corrected chi connectivity index (χ0v) is 10.7. The molecule has 0 radical (unpaired) electrons. The summed E-state index contributed by atoms with van der Waals surface area (Å²) in [6.07, 6.45) is 0.879. The molecular weight excluding hydrogens is 297 g/mol. The van der Waals surface area contributed by atoms with E-state index in [-0.39, 0.29) is 6.54 Å². The lowest BCUT2D eigenvalue weighted by Crippen LogP contribution is -2.19. The molecule has 0 saturated carbocycles. The van der Waals surface area contributed by atoms with Crippen LogP contribution in [0.2, 0.25) is 5.02 Å². The third kappa shape index (κ3) is 4.00. The van der Waals surface area contributed by atoms with Crippen LogP contribution in [0.25, 0.3) is 0 Å². The van der Waals surface area contributed by atoms with E-state index in [0.717, 1.165) is 4.47 Å². The molecule has 0 bridgehead atoms. The highest BCUT2D eigenvalue weighted by Gasteiger charge is 2.04. The van der Waals surface area contributed by atoms with Crippen LogP contribution in [0, 0.1) is 0 Å². The molecule has 6 heteroatoms. The molecule has 0 heterocycles. The van der Waals surface area contributed by atoms with Crippen molar-refractivity contribution in [1.29, 1.82) is 0 Å². The van der Waals surface area contributed by atoms with Crippen molar-refractivity contribution < 1.29 is 14.7 Å². The molecule has 0 unspecified atom stereocenters. The number of hydroxylamine groups is 2. The van der Waals surface area contributed by atoms with Gasteiger partial charge in [-0.3, -0.25) is 10.0 Å². The van der Waals surface area contributed by atoms with Gasteiger partial charge >= 0.3 is 0 Å². The van der Waals surface area contributed by atoms with Crippen LogP contribution in [0.1, 0.15) is 6.42 Å². The first kappa shape index (κ1) is 13.3. The fourth-order valence-electron chi connectivity index (χ4n) is 1.06. The number of amides is 1. The Bertz CT molecular complexity index is 362. The molecule has 0 aliphatic heterocycles. The van der Waals surface area contributed by atoms with Gasteiger partial charge in [-0.25, -0.2) is 5.06 Å². The first-order chi connectivity index (χ1) is 7.65. The minimum Gasteiger partial charge on any atom is -0.492 e. The van der Waals surface area contributed by atoms with Gasteiger partial charge in [-0.05, 0) is 28.1 Å². The quantitative estimate of drug-likeness (QED) is 0.380. The van der Waals surface area contributed by atoms with Crippen LogP contribution >= 0.6 is 27.5 Å². The number of rotatable bonds is 6. The van der Waals surface area contributed by atoms with Gasteiger partial charge in [0.15, 0.2) is 0 Å². The van der Waals surface area contributed by atoms with E-state index in [9.17, 15) is 4.79 Å². The molecule has 0 aliphatic carbocycles. The van der Waals surface area contributed by atoms with Gasteiger partial charge in [0.25, 0.3) is 0 Å². The Labute approximate surface area is 107 Å². The summed E-state index contributed by atoms with van der Waals surface area (Å²) in [6.45, 7) is 0.607. The lowest BCUT2D eigenvalue weighted by Gasteiger charge is -2.10. The van der Waals surface area contributed by atoms with Crippen molar-refractivity contribution in [2.75, 3.05) is 13.2 Å². The summed E-state index contributed by atoms with van der Waals surface area (Å²) in [5, 5.41) is 9.92. The van der Waals surface area contributed by atoms with E-state index in [2.05, 4.69) is 15.9 Å². The summed E-state index contributed by atoms with van der Waals surface area (Å²) >= 11 is 9.26. The normalized spacial score (nSPS) is 9.94. The van der Waals surface area contributed by atoms with Crippen LogP contribution in [0.3, 0.4) is 0 Å². The van der Waals surface area contributed by atoms with Gasteiger partial charge in [0.1, 0.15) is 5.75 Å². The standard InChI is InChI=1S/C10H11BrClNO3/c11-8-3-1-4-9(10(8)12)16-6-2-5-13(15)7-14/h1,3-4,7,15H,2,5-6H2. The average molecular weight is 309 g/mol. The van der Waals surface area contributed by atoms with Crippen molar-refractivity contribution >= 4 is 33.9 Å². The molecule has 0 atom stereocenters. The number of benzene rings is 1. The summed E-state index contributed by atoms with van der Waals surface area (Å²) in [7, 11) is 0. The Morgan fingerprint density at radius 3 is 3.00 bits per heavy atom. The van der Waals surface area contributed by atoms with Crippen LogP contribution in [0.5, 0.6) is 5.75 Å². The molecule has 0 aliphatic rings. The van der Waals surface area contributed by atoms with E-state index >= 15 is 0 Å². The molecule has 0 fully saturated rings. The highest BCUT2D eigenvalue weighted by Crippen LogP contribution is 2.31. The predicted octanol–water partition coefficient (Wildman–Crippen LogP) is 2.72. The number of halogens is 2. The lowest BCUT2D eigenvalue weighted by atomic mass is 10.3. The number of nitrogens with zero attached hydrogens (tertiary/aromatic N) is 1. The van der Waals surface area contributed by atoms with E-state index in [1.807, 2.05) is 12.1 Å². The first-order valence-electron chi connectivity index (χ1n) is 4.62. The smallest absolute Gasteiger partial charge is 0.233 e. The van der Waals surface area contributed by atoms with Gasteiger partial charge < -0.3 is 4.74 Å². The predicted molar refractivity (Wildman–Crippen MR) is 63.8 cm³/mol. The maximum Gasteiger partial charge on any atom is 0.233 e. The van der Waals surface area contributed by atoms with Gasteiger partial charge in [0.2, 0.25) is 6.41 Å². The van der Waals surface area contributed by atoms with Crippen molar-refractivity contribution in [3.05, 3.63) is 27.7 Å². The maximum absolute atomic E-state index is 10.1. The summed E-state index contributed by atoms with van der Waals surface area (Å²) in [6, 6.07) is 5.38. The molecular formula is C10H11BrClNO3. The second-order valence-electron chi connectivity index (χ2n) is 3.02. The number of hydrogen-bond donors (Lipinski definition) is 1. The zero-order valence-electron chi connectivity index (χ0n) is 8.40. The van der Waals surface area contributed by atoms with Crippen LogP contribution in [0.15, 0.2) is 22.7 Å². The average Bonchev–Trinajstić information content (AvgIpc) is 2.29. The largest absolute Gasteiger partial charge is 0.492 e. The van der Waals surface area contributed by atoms with Crippen molar-refractivity contribution in [1.82, 2.24) is 5.06 Å². The monoisotopic (exact) mass is 307 g/mol. The van der Waals surface area contributed by atoms with Crippen molar-refractivity contribution in [2.24, 2.45) is 0 Å². The molecule has 1 aromatic carbocycles. The molecule has 1 amide bonds. The van der Waals surface area contributed by atoms with Gasteiger partial charge in [-0.15, -0.1) is 0 Å². The van der Waals surface area contributed by atoms with E-state index in [1.54, 1.807) is 6.07 Å². The van der Waals surface area contributed by atoms with Crippen molar-refractivity contribution in [3.8, 4) is 5.75 Å². The highest BCUT2D eigenvalue weighted by atomic mass is 79.9. The number of carbonyl (C=O) groups excluding carboxylic acids is 1. The molecule has 1 rings (SSSR count). The number of hydrogen-bond acceptors (Lipinski definition) is 3. The topological polar surface area (TPSA) is 49.8 Å². The van der Waals surface area contributed by atoms with Crippen LogP contribution in [-0.4, -0.2) is 29.8 Å². The Morgan fingerprint density at radius 2 is 2.31 bits per heavy atom. The fourth-order valence-corrected chi connectivity index (χ4v) is 1.59. The van der Waals surface area contributed by atoms with Crippen molar-refractivity contribution in [3.63, 3.8) is 0 Å². The van der Waals surface area contributed by atoms with Crippen LogP contribution < -0.4 is 4.74 Å². The van der Waals surface area contributed by atoms with E-state index in [4.69, 9.17) is 21.5 Å². The van der Waals surface area contributed by atoms with Gasteiger partial charge in [0, 0.05) is 10.9 Å². The second kappa shape index (κ2) is 6.73. The summed E-state index contributed by atoms with van der Waals surface area (Å²) < 4.78 is 6.16. The molecule has 0 aromatic heterocycles. The summed E-state index contributed by atoms with van der Waals surface area (Å²) in [4.78, 5) is 10.1. The lowest BCUT2D eigenvalue weighted by molar-refractivity contribution is -0.150. The number of carbonyl (C=O) groups is 1. The van der Waals surface area contributed by atoms with Gasteiger partial charge in [-0.2, -0.15) is 0 Å². The third-order valence-electron chi connectivity index (χ3n) is 1.83. The van der Waals surface area contributed by atoms with E-state index < -0.39 is 0 Å². The Kier molecular flexibility index (Phi) is 5.59.